The van der Waals surface area contributed by atoms with E-state index < -0.39 is 21.7 Å². The number of anilines is 1. The van der Waals surface area contributed by atoms with Crippen LogP contribution in [0.25, 0.3) is 0 Å². The van der Waals surface area contributed by atoms with Crippen LogP contribution in [-0.2, 0) is 33.0 Å². The third-order valence-electron chi connectivity index (χ3n) is 10.8. The minimum absolute atomic E-state index is 0.00760. The molecule has 1 fully saturated rings. The Kier molecular flexibility index (Phi) is 9.79. The second-order valence-electron chi connectivity index (χ2n) is 14.3. The van der Waals surface area contributed by atoms with Crippen LogP contribution in [-0.4, -0.2) is 69.7 Å². The highest BCUT2D eigenvalue weighted by atomic mass is 35.5. The Hall–Kier alpha value is -3.74. The van der Waals surface area contributed by atoms with Crippen LogP contribution in [0.4, 0.5) is 5.69 Å². The number of nitrogens with one attached hydrogen (secondary N) is 1. The second kappa shape index (κ2) is 14.1. The van der Waals surface area contributed by atoms with Gasteiger partial charge >= 0.3 is 0 Å². The first-order valence-electron chi connectivity index (χ1n) is 17.6. The van der Waals surface area contributed by atoms with Gasteiger partial charge in [0.25, 0.3) is 11.8 Å². The van der Waals surface area contributed by atoms with E-state index in [1.165, 1.54) is 22.1 Å². The van der Waals surface area contributed by atoms with Crippen LogP contribution in [0.5, 0.6) is 5.75 Å². The number of carbonyl (C=O) groups excluding carboxylic acids is 2. The van der Waals surface area contributed by atoms with Gasteiger partial charge < -0.3 is 14.4 Å². The molecule has 1 N–H and O–H groups in total. The van der Waals surface area contributed by atoms with E-state index in [4.69, 9.17) is 21.1 Å². The van der Waals surface area contributed by atoms with Gasteiger partial charge in [0.15, 0.2) is 5.69 Å². The van der Waals surface area contributed by atoms with Gasteiger partial charge in [0.2, 0.25) is 0 Å². The number of allylic oxidation sites excluding steroid dienone is 1. The summed E-state index contributed by atoms with van der Waals surface area (Å²) < 4.78 is 33.9. The molecule has 0 saturated heterocycles. The molecule has 13 heteroatoms. The van der Waals surface area contributed by atoms with E-state index in [-0.39, 0.29) is 34.4 Å². The first-order valence-corrected chi connectivity index (χ1v) is 19.7. The van der Waals surface area contributed by atoms with Gasteiger partial charge in [-0.2, -0.15) is 9.90 Å². The number of hydrogen-bond acceptors (Lipinski definition) is 8. The number of fused-ring (bicyclic) bond motifs is 4. The fourth-order valence-corrected chi connectivity index (χ4v) is 10.2. The summed E-state index contributed by atoms with van der Waals surface area (Å²) in [4.78, 5) is 30.9. The van der Waals surface area contributed by atoms with Gasteiger partial charge in [-0.05, 0) is 105 Å². The van der Waals surface area contributed by atoms with Gasteiger partial charge in [-0.3, -0.25) is 14.3 Å². The molecule has 1 aromatic heterocycles. The van der Waals surface area contributed by atoms with Crippen LogP contribution in [0.2, 0.25) is 5.02 Å². The Balaban J connectivity index is 1.30. The number of ether oxygens (including phenoxy) is 2. The molecule has 1 spiro atoms. The van der Waals surface area contributed by atoms with Crippen LogP contribution in [0.1, 0.15) is 77.9 Å². The summed E-state index contributed by atoms with van der Waals surface area (Å²) in [5, 5.41) is 8.95. The molecule has 2 aliphatic carbocycles. The molecule has 50 heavy (non-hydrogen) atoms. The number of rotatable bonds is 4. The van der Waals surface area contributed by atoms with Crippen molar-refractivity contribution >= 4 is 39.0 Å². The molecule has 266 valence electrons. The minimum Gasteiger partial charge on any atom is -0.490 e. The largest absolute Gasteiger partial charge is 0.490 e. The molecule has 7 rings (SSSR count). The summed E-state index contributed by atoms with van der Waals surface area (Å²) in [6.07, 6.45) is 11.1. The molecule has 2 bridgehead atoms. The summed E-state index contributed by atoms with van der Waals surface area (Å²) >= 11 is 6.45. The summed E-state index contributed by atoms with van der Waals surface area (Å²) in [6, 6.07) is 11.5. The van der Waals surface area contributed by atoms with E-state index in [9.17, 15) is 13.8 Å². The normalized spacial score (nSPS) is 30.2. The summed E-state index contributed by atoms with van der Waals surface area (Å²) in [6.45, 7) is 6.24. The molecule has 1 unspecified atom stereocenters. The van der Waals surface area contributed by atoms with Crippen LogP contribution >= 0.6 is 11.6 Å². The topological polar surface area (TPSA) is 128 Å². The van der Waals surface area contributed by atoms with Crippen LogP contribution < -0.4 is 14.4 Å². The molecule has 2 aliphatic heterocycles. The van der Waals surface area contributed by atoms with E-state index in [0.29, 0.717) is 43.7 Å². The average Bonchev–Trinajstić information content (AvgIpc) is 3.52. The van der Waals surface area contributed by atoms with Crippen molar-refractivity contribution in [2.24, 2.45) is 22.1 Å². The van der Waals surface area contributed by atoms with Crippen molar-refractivity contribution in [1.29, 1.82) is 0 Å². The number of benzene rings is 2. The lowest BCUT2D eigenvalue weighted by Crippen LogP contribution is -2.49. The molecule has 6 atom stereocenters. The molecule has 3 aromatic rings. The maximum atomic E-state index is 14.4. The molecule has 2 amide bonds. The number of aryl methyl sites for hydroxylation is 2. The number of amides is 2. The van der Waals surface area contributed by atoms with Crippen molar-refractivity contribution in [2.75, 3.05) is 37.5 Å². The molecular formula is C37H45ClN6O5S. The predicted octanol–water partition coefficient (Wildman–Crippen LogP) is 6.01. The van der Waals surface area contributed by atoms with Gasteiger partial charge in [-0.1, -0.05) is 36.7 Å². The smallest absolute Gasteiger partial charge is 0.286 e. The SMILES string of the molecule is CCn1ncc(C(=O)NS2(=O)=NC(=O)c3ccc4c(c3)N(C[C@@H]3CC[C@H]3[C@@H](OC)/C=C/C[C@H](C)C2)C[C@@]2(CCCc3cc(Cl)ccc32)CO4)n1. The van der Waals surface area contributed by atoms with E-state index in [0.717, 1.165) is 49.4 Å². The minimum atomic E-state index is -3.56. The van der Waals surface area contributed by atoms with E-state index in [1.807, 2.05) is 32.0 Å². The lowest BCUT2D eigenvalue weighted by atomic mass is 9.68. The molecular weight excluding hydrogens is 676 g/mol. The molecule has 0 radical (unpaired) electrons. The highest BCUT2D eigenvalue weighted by molar-refractivity contribution is 7.92. The fraction of sp³-hybridized carbons (Fsp3) is 0.514. The number of aromatic nitrogens is 3. The Morgan fingerprint density at radius 2 is 2.08 bits per heavy atom. The maximum absolute atomic E-state index is 14.4. The zero-order valence-corrected chi connectivity index (χ0v) is 30.4. The van der Waals surface area contributed by atoms with Crippen LogP contribution in [0.15, 0.2) is 59.1 Å². The first kappa shape index (κ1) is 34.7. The third-order valence-corrected chi connectivity index (χ3v) is 13.0. The van der Waals surface area contributed by atoms with Crippen molar-refractivity contribution in [3.8, 4) is 5.75 Å². The van der Waals surface area contributed by atoms with Gasteiger partial charge in [-0.25, -0.2) is 4.21 Å². The Labute approximate surface area is 299 Å². The molecule has 11 nitrogen and oxygen atoms in total. The number of halogens is 1. The number of nitrogens with zero attached hydrogens (tertiary/aromatic N) is 5. The van der Waals surface area contributed by atoms with Gasteiger partial charge in [0.05, 0.1) is 36.9 Å². The van der Waals surface area contributed by atoms with Crippen molar-refractivity contribution in [3.63, 3.8) is 0 Å². The number of methoxy groups -OCH3 is 1. The highest BCUT2D eigenvalue weighted by Gasteiger charge is 2.44. The Bertz CT molecular complexity index is 1940. The van der Waals surface area contributed by atoms with E-state index in [1.54, 1.807) is 13.2 Å². The summed E-state index contributed by atoms with van der Waals surface area (Å²) in [5.41, 5.74) is 3.37. The summed E-state index contributed by atoms with van der Waals surface area (Å²) in [7, 11) is -1.80. The van der Waals surface area contributed by atoms with E-state index >= 15 is 0 Å². The van der Waals surface area contributed by atoms with Crippen molar-refractivity contribution in [3.05, 3.63) is 82.2 Å². The maximum Gasteiger partial charge on any atom is 0.286 e. The van der Waals surface area contributed by atoms with Gasteiger partial charge in [-0.15, -0.1) is 9.46 Å². The average molecular weight is 721 g/mol. The monoisotopic (exact) mass is 720 g/mol. The molecule has 4 aliphatic rings. The Morgan fingerprint density at radius 1 is 1.22 bits per heavy atom. The fourth-order valence-electron chi connectivity index (χ4n) is 8.12. The quantitative estimate of drug-likeness (QED) is 0.325. The number of carbonyl (C=O) groups is 2. The van der Waals surface area contributed by atoms with Crippen molar-refractivity contribution < 1.29 is 23.3 Å². The molecule has 1 saturated carbocycles. The standard InChI is InChI=1S/C37H45ClN6O5S/c1-4-44-39-19-31(40-44)36(46)42-50(47)21-24(2)7-5-9-33(48-3)29-13-10-27(29)20-43-22-37(16-6-8-25-17-28(38)12-14-30(25)37)23-49-34-15-11-26(18-32(34)43)35(45)41-50/h5,9,11-12,14-15,17-19,24,27,29,33H,4,6-8,10,13,16,20-23H2,1-3H3,(H,41,42,45,46,47)/b9-5+/t24-,27-,29+,33-,37-,50?/m0/s1. The lowest BCUT2D eigenvalue weighted by Gasteiger charge is -2.46. The second-order valence-corrected chi connectivity index (χ2v) is 16.7. The predicted molar refractivity (Wildman–Crippen MR) is 193 cm³/mol. The number of hydrogen-bond donors (Lipinski definition) is 1. The first-order chi connectivity index (χ1) is 24.1. The van der Waals surface area contributed by atoms with Gasteiger partial charge in [0, 0.05) is 36.2 Å². The lowest BCUT2D eigenvalue weighted by molar-refractivity contribution is 0.0131. The zero-order chi connectivity index (χ0) is 35.0. The van der Waals surface area contributed by atoms with Crippen LogP contribution in [0, 0.1) is 17.8 Å². The van der Waals surface area contributed by atoms with Crippen molar-refractivity contribution in [1.82, 2.24) is 19.7 Å². The highest BCUT2D eigenvalue weighted by Crippen LogP contribution is 2.47. The zero-order valence-electron chi connectivity index (χ0n) is 28.8. The van der Waals surface area contributed by atoms with Crippen molar-refractivity contribution in [2.45, 2.75) is 70.4 Å². The van der Waals surface area contributed by atoms with Crippen LogP contribution in [0.3, 0.4) is 0 Å². The van der Waals surface area contributed by atoms with Gasteiger partial charge in [0.1, 0.15) is 15.7 Å². The molecule has 2 aromatic carbocycles. The summed E-state index contributed by atoms with van der Waals surface area (Å²) in [5.74, 6) is -0.129. The Morgan fingerprint density at radius 3 is 2.84 bits per heavy atom. The third kappa shape index (κ3) is 6.94. The molecule has 3 heterocycles. The van der Waals surface area contributed by atoms with E-state index in [2.05, 4.69) is 48.5 Å².